The Morgan fingerprint density at radius 3 is 1.88 bits per heavy atom. The van der Waals surface area contributed by atoms with Crippen molar-refractivity contribution in [3.63, 3.8) is 0 Å². The van der Waals surface area contributed by atoms with Crippen LogP contribution in [0.1, 0.15) is 10.4 Å². The second-order valence-corrected chi connectivity index (χ2v) is 2.79. The van der Waals surface area contributed by atoms with Crippen molar-refractivity contribution >= 4 is 5.97 Å². The third-order valence-corrected chi connectivity index (χ3v) is 1.98. The van der Waals surface area contributed by atoms with E-state index in [1.807, 2.05) is 0 Å². The Bertz CT molecular complexity index is 362. The third-order valence-electron chi connectivity index (χ3n) is 1.98. The van der Waals surface area contributed by atoms with Gasteiger partial charge in [0.05, 0.1) is 26.9 Å². The average molecular weight is 228 g/mol. The second kappa shape index (κ2) is 5.22. The molecule has 1 aromatic rings. The lowest BCUT2D eigenvalue weighted by molar-refractivity contribution is -0.182. The Kier molecular flexibility index (Phi) is 3.96. The van der Waals surface area contributed by atoms with Crippen molar-refractivity contribution < 1.29 is 29.1 Å². The Hall–Kier alpha value is -1.95. The molecule has 1 rings (SSSR count). The number of benzene rings is 1. The predicted octanol–water partition coefficient (Wildman–Crippen LogP) is 1.34. The molecule has 0 unspecified atom stereocenters. The zero-order valence-corrected chi connectivity index (χ0v) is 9.14. The lowest BCUT2D eigenvalue weighted by Gasteiger charge is -2.12. The molecule has 0 amide bonds. The molecule has 0 atom stereocenters. The van der Waals surface area contributed by atoms with Gasteiger partial charge in [-0.05, 0) is 12.1 Å². The molecule has 1 N–H and O–H groups in total. The van der Waals surface area contributed by atoms with Gasteiger partial charge in [0.2, 0.25) is 5.75 Å². The zero-order valence-electron chi connectivity index (χ0n) is 9.14. The van der Waals surface area contributed by atoms with Gasteiger partial charge in [-0.25, -0.2) is 4.79 Å². The van der Waals surface area contributed by atoms with E-state index in [-0.39, 0.29) is 5.56 Å². The molecule has 6 nitrogen and oxygen atoms in total. The van der Waals surface area contributed by atoms with E-state index in [0.717, 1.165) is 0 Å². The van der Waals surface area contributed by atoms with Crippen LogP contribution in [0.25, 0.3) is 0 Å². The Labute approximate surface area is 92.2 Å². The molecule has 0 saturated heterocycles. The van der Waals surface area contributed by atoms with E-state index in [2.05, 4.69) is 4.89 Å². The summed E-state index contributed by atoms with van der Waals surface area (Å²) >= 11 is 0. The van der Waals surface area contributed by atoms with Crippen molar-refractivity contribution in [1.29, 1.82) is 0 Å². The van der Waals surface area contributed by atoms with Crippen LogP contribution in [-0.4, -0.2) is 32.6 Å². The van der Waals surface area contributed by atoms with Crippen LogP contribution in [0.5, 0.6) is 17.2 Å². The van der Waals surface area contributed by atoms with E-state index in [9.17, 15) is 4.79 Å². The third kappa shape index (κ3) is 2.17. The molecular weight excluding hydrogens is 216 g/mol. The monoisotopic (exact) mass is 228 g/mol. The van der Waals surface area contributed by atoms with Crippen molar-refractivity contribution in [3.8, 4) is 17.2 Å². The van der Waals surface area contributed by atoms with Crippen LogP contribution in [0.3, 0.4) is 0 Å². The first-order valence-electron chi connectivity index (χ1n) is 4.33. The normalized spacial score (nSPS) is 9.50. The highest BCUT2D eigenvalue weighted by Crippen LogP contribution is 2.38. The minimum absolute atomic E-state index is 0.0944. The summed E-state index contributed by atoms with van der Waals surface area (Å²) in [6.45, 7) is 0. The predicted molar refractivity (Wildman–Crippen MR) is 54.1 cm³/mol. The molecule has 0 radical (unpaired) electrons. The molecule has 1 aromatic carbocycles. The van der Waals surface area contributed by atoms with Gasteiger partial charge in [0, 0.05) is 0 Å². The van der Waals surface area contributed by atoms with Crippen molar-refractivity contribution in [1.82, 2.24) is 0 Å². The van der Waals surface area contributed by atoms with Crippen molar-refractivity contribution in [3.05, 3.63) is 17.7 Å². The summed E-state index contributed by atoms with van der Waals surface area (Å²) in [4.78, 5) is 14.7. The SMILES string of the molecule is COc1cc(C(=O)OO)cc(OC)c1OC. The van der Waals surface area contributed by atoms with Crippen LogP contribution in [-0.2, 0) is 4.89 Å². The molecule has 0 saturated carbocycles. The van der Waals surface area contributed by atoms with Gasteiger partial charge in [0.25, 0.3) is 0 Å². The summed E-state index contributed by atoms with van der Waals surface area (Å²) in [5.41, 5.74) is 0.0944. The molecule has 0 heterocycles. The molecule has 0 fully saturated rings. The van der Waals surface area contributed by atoms with Crippen molar-refractivity contribution in [2.45, 2.75) is 0 Å². The molecule has 88 valence electrons. The number of hydrogen-bond acceptors (Lipinski definition) is 6. The topological polar surface area (TPSA) is 74.2 Å². The van der Waals surface area contributed by atoms with E-state index in [1.54, 1.807) is 0 Å². The van der Waals surface area contributed by atoms with Crippen molar-refractivity contribution in [2.24, 2.45) is 0 Å². The summed E-state index contributed by atoms with van der Waals surface area (Å²) in [6, 6.07) is 2.75. The first-order chi connectivity index (χ1) is 7.67. The maximum Gasteiger partial charge on any atom is 0.373 e. The lowest BCUT2D eigenvalue weighted by Crippen LogP contribution is -2.04. The number of methoxy groups -OCH3 is 3. The molecule has 0 spiro atoms. The van der Waals surface area contributed by atoms with E-state index >= 15 is 0 Å². The van der Waals surface area contributed by atoms with Gasteiger partial charge >= 0.3 is 5.97 Å². The van der Waals surface area contributed by atoms with Gasteiger partial charge in [-0.15, -0.1) is 0 Å². The highest BCUT2D eigenvalue weighted by atomic mass is 17.1. The number of ether oxygens (including phenoxy) is 3. The molecule has 0 aliphatic rings. The number of carbonyl (C=O) groups is 1. The second-order valence-electron chi connectivity index (χ2n) is 2.79. The van der Waals surface area contributed by atoms with Crippen molar-refractivity contribution in [2.75, 3.05) is 21.3 Å². The molecule has 6 heteroatoms. The van der Waals surface area contributed by atoms with E-state index in [1.165, 1.54) is 33.5 Å². The fourth-order valence-corrected chi connectivity index (χ4v) is 1.25. The van der Waals surface area contributed by atoms with Crippen LogP contribution in [0.15, 0.2) is 12.1 Å². The first-order valence-corrected chi connectivity index (χ1v) is 4.33. The minimum atomic E-state index is -0.903. The van der Waals surface area contributed by atoms with Gasteiger partial charge in [0.1, 0.15) is 0 Å². The first kappa shape index (κ1) is 12.1. The number of hydrogen-bond donors (Lipinski definition) is 1. The quantitative estimate of drug-likeness (QED) is 0.619. The van der Waals surface area contributed by atoms with Crippen LogP contribution >= 0.6 is 0 Å². The maximum absolute atomic E-state index is 11.1. The van der Waals surface area contributed by atoms with Crippen LogP contribution in [0.4, 0.5) is 0 Å². The summed E-state index contributed by atoms with van der Waals surface area (Å²) in [7, 11) is 4.29. The molecule has 0 aliphatic heterocycles. The van der Waals surface area contributed by atoms with Gasteiger partial charge < -0.3 is 14.2 Å². The zero-order chi connectivity index (χ0) is 12.1. The van der Waals surface area contributed by atoms with Gasteiger partial charge in [-0.2, -0.15) is 5.26 Å². The molecule has 0 aliphatic carbocycles. The van der Waals surface area contributed by atoms with Crippen LogP contribution in [0, 0.1) is 0 Å². The lowest BCUT2D eigenvalue weighted by atomic mass is 10.2. The van der Waals surface area contributed by atoms with Gasteiger partial charge in [-0.3, -0.25) is 4.89 Å². The summed E-state index contributed by atoms with van der Waals surface area (Å²) < 4.78 is 15.1. The summed E-state index contributed by atoms with van der Waals surface area (Å²) in [5, 5.41) is 8.28. The van der Waals surface area contributed by atoms with Crippen LogP contribution < -0.4 is 14.2 Å². The molecular formula is C10H12O6. The summed E-state index contributed by atoms with van der Waals surface area (Å²) in [6.07, 6.45) is 0. The number of rotatable bonds is 4. The summed E-state index contributed by atoms with van der Waals surface area (Å²) in [5.74, 6) is 0.0724. The fraction of sp³-hybridized carbons (Fsp3) is 0.300. The van der Waals surface area contributed by atoms with E-state index in [0.29, 0.717) is 17.2 Å². The highest BCUT2D eigenvalue weighted by Gasteiger charge is 2.17. The maximum atomic E-state index is 11.1. The number of carbonyl (C=O) groups excluding carboxylic acids is 1. The van der Waals surface area contributed by atoms with Gasteiger partial charge in [0.15, 0.2) is 11.5 Å². The largest absolute Gasteiger partial charge is 0.493 e. The Morgan fingerprint density at radius 1 is 1.06 bits per heavy atom. The van der Waals surface area contributed by atoms with E-state index < -0.39 is 5.97 Å². The standard InChI is InChI=1S/C10H12O6/c1-13-7-4-6(10(11)16-12)5-8(14-2)9(7)15-3/h4-5,12H,1-3H3. The fourth-order valence-electron chi connectivity index (χ4n) is 1.25. The van der Waals surface area contributed by atoms with Crippen LogP contribution in [0.2, 0.25) is 0 Å². The van der Waals surface area contributed by atoms with Gasteiger partial charge in [-0.1, -0.05) is 0 Å². The minimum Gasteiger partial charge on any atom is -0.493 e. The average Bonchev–Trinajstić information content (AvgIpc) is 2.35. The smallest absolute Gasteiger partial charge is 0.373 e. The molecule has 0 bridgehead atoms. The molecule has 0 aromatic heterocycles. The highest BCUT2D eigenvalue weighted by molar-refractivity contribution is 5.90. The Balaban J connectivity index is 3.31. The molecule has 16 heavy (non-hydrogen) atoms. The van der Waals surface area contributed by atoms with E-state index in [4.69, 9.17) is 19.5 Å². The Morgan fingerprint density at radius 2 is 1.56 bits per heavy atom.